The van der Waals surface area contributed by atoms with Crippen LogP contribution >= 0.6 is 0 Å². The molecule has 0 aromatic carbocycles. The van der Waals surface area contributed by atoms with Crippen molar-refractivity contribution in [3.8, 4) is 0 Å². The highest BCUT2D eigenvalue weighted by molar-refractivity contribution is 5.93. The summed E-state index contributed by atoms with van der Waals surface area (Å²) in [7, 11) is 0. The summed E-state index contributed by atoms with van der Waals surface area (Å²) in [5.74, 6) is -0.0464. The van der Waals surface area contributed by atoms with Crippen molar-refractivity contribution < 1.29 is 4.79 Å². The molecule has 1 fully saturated rings. The summed E-state index contributed by atoms with van der Waals surface area (Å²) in [6, 6.07) is 3.78. The molecule has 21 heavy (non-hydrogen) atoms. The summed E-state index contributed by atoms with van der Waals surface area (Å²) in [4.78, 5) is 18.9. The van der Waals surface area contributed by atoms with Crippen LogP contribution in [0, 0.1) is 13.8 Å². The highest BCUT2D eigenvalue weighted by Gasteiger charge is 2.23. The van der Waals surface area contributed by atoms with Gasteiger partial charge in [-0.15, -0.1) is 0 Å². The van der Waals surface area contributed by atoms with Gasteiger partial charge in [-0.25, -0.2) is 9.50 Å². The molecule has 2 aromatic heterocycles. The van der Waals surface area contributed by atoms with Gasteiger partial charge in [-0.1, -0.05) is 6.42 Å². The van der Waals surface area contributed by atoms with E-state index in [1.807, 2.05) is 24.8 Å². The van der Waals surface area contributed by atoms with Gasteiger partial charge >= 0.3 is 0 Å². The molecule has 112 valence electrons. The van der Waals surface area contributed by atoms with Gasteiger partial charge in [0.1, 0.15) is 0 Å². The van der Waals surface area contributed by atoms with Gasteiger partial charge in [0.05, 0.1) is 0 Å². The Bertz CT molecular complexity index is 678. The van der Waals surface area contributed by atoms with Crippen molar-refractivity contribution in [2.45, 2.75) is 39.2 Å². The Kier molecular flexibility index (Phi) is 3.63. The molecule has 0 saturated carbocycles. The highest BCUT2D eigenvalue weighted by Crippen LogP contribution is 2.14. The van der Waals surface area contributed by atoms with E-state index < -0.39 is 0 Å². The van der Waals surface area contributed by atoms with Gasteiger partial charge in [0.25, 0.3) is 5.91 Å². The predicted molar refractivity (Wildman–Crippen MR) is 80.2 cm³/mol. The van der Waals surface area contributed by atoms with Crippen molar-refractivity contribution in [1.29, 1.82) is 0 Å². The molecular formula is C15H21N5O. The number of nitrogens with zero attached hydrogens (tertiary/aromatic N) is 4. The predicted octanol–water partition coefficient (Wildman–Crippen LogP) is 1.30. The lowest BCUT2D eigenvalue weighted by Crippen LogP contribution is -2.39. The zero-order valence-electron chi connectivity index (χ0n) is 12.5. The first-order valence-electron chi connectivity index (χ1n) is 7.43. The summed E-state index contributed by atoms with van der Waals surface area (Å²) >= 11 is 0. The van der Waals surface area contributed by atoms with Gasteiger partial charge in [-0.3, -0.25) is 4.79 Å². The van der Waals surface area contributed by atoms with Crippen LogP contribution in [0.25, 0.3) is 5.65 Å². The zero-order valence-corrected chi connectivity index (χ0v) is 12.5. The molecular weight excluding hydrogens is 266 g/mol. The molecule has 0 spiro atoms. The summed E-state index contributed by atoms with van der Waals surface area (Å²) in [6.45, 7) is 5.27. The summed E-state index contributed by atoms with van der Waals surface area (Å²) < 4.78 is 1.72. The number of carbonyl (C=O) groups excluding carboxylic acids is 1. The molecule has 6 heteroatoms. The third-order valence-electron chi connectivity index (χ3n) is 3.95. The summed E-state index contributed by atoms with van der Waals surface area (Å²) in [5, 5.41) is 4.41. The van der Waals surface area contributed by atoms with Crippen molar-refractivity contribution in [2.75, 3.05) is 13.1 Å². The van der Waals surface area contributed by atoms with E-state index >= 15 is 0 Å². The third-order valence-corrected chi connectivity index (χ3v) is 3.95. The lowest BCUT2D eigenvalue weighted by molar-refractivity contribution is 0.0749. The molecule has 0 bridgehead atoms. The lowest BCUT2D eigenvalue weighted by Gasteiger charge is -2.21. The van der Waals surface area contributed by atoms with Gasteiger partial charge < -0.3 is 10.6 Å². The standard InChI is InChI=1S/C15H21N5O/c1-10-7-11(2)20-14(17-10)8-13(18-20)15(21)19-6-4-3-5-12(16)9-19/h7-8,12H,3-6,9,16H2,1-2H3/t12-/m0/s1. The van der Waals surface area contributed by atoms with Crippen LogP contribution in [-0.4, -0.2) is 44.5 Å². The minimum atomic E-state index is -0.0464. The minimum absolute atomic E-state index is 0.0464. The van der Waals surface area contributed by atoms with E-state index in [4.69, 9.17) is 5.73 Å². The molecule has 1 aliphatic rings. The van der Waals surface area contributed by atoms with Gasteiger partial charge in [0.2, 0.25) is 0 Å². The second-order valence-corrected chi connectivity index (χ2v) is 5.85. The average molecular weight is 287 g/mol. The maximum atomic E-state index is 12.6. The second kappa shape index (κ2) is 5.44. The fraction of sp³-hybridized carbons (Fsp3) is 0.533. The molecule has 1 amide bonds. The summed E-state index contributed by atoms with van der Waals surface area (Å²) in [5.41, 5.74) is 9.10. The largest absolute Gasteiger partial charge is 0.336 e. The zero-order chi connectivity index (χ0) is 15.0. The molecule has 3 heterocycles. The number of carbonyl (C=O) groups is 1. The van der Waals surface area contributed by atoms with E-state index in [1.165, 1.54) is 0 Å². The third kappa shape index (κ3) is 2.76. The monoisotopic (exact) mass is 287 g/mol. The van der Waals surface area contributed by atoms with Crippen molar-refractivity contribution in [1.82, 2.24) is 19.5 Å². The number of rotatable bonds is 1. The van der Waals surface area contributed by atoms with E-state index in [-0.39, 0.29) is 11.9 Å². The molecule has 1 aliphatic heterocycles. The number of hydrogen-bond donors (Lipinski definition) is 1. The van der Waals surface area contributed by atoms with Crippen LogP contribution in [0.5, 0.6) is 0 Å². The molecule has 2 N–H and O–H groups in total. The van der Waals surface area contributed by atoms with Crippen molar-refractivity contribution in [3.63, 3.8) is 0 Å². The quantitative estimate of drug-likeness (QED) is 0.857. The molecule has 1 saturated heterocycles. The van der Waals surface area contributed by atoms with Gasteiger partial charge in [-0.2, -0.15) is 5.10 Å². The first-order valence-corrected chi connectivity index (χ1v) is 7.43. The molecule has 3 rings (SSSR count). The van der Waals surface area contributed by atoms with E-state index in [0.29, 0.717) is 12.2 Å². The molecule has 0 aliphatic carbocycles. The van der Waals surface area contributed by atoms with E-state index in [2.05, 4.69) is 10.1 Å². The van der Waals surface area contributed by atoms with Crippen LogP contribution in [0.3, 0.4) is 0 Å². The molecule has 2 aromatic rings. The number of likely N-dealkylation sites (tertiary alicyclic amines) is 1. The van der Waals surface area contributed by atoms with Crippen LogP contribution in [-0.2, 0) is 0 Å². The van der Waals surface area contributed by atoms with Gasteiger partial charge in [-0.05, 0) is 32.8 Å². The van der Waals surface area contributed by atoms with Crippen LogP contribution in [0.1, 0.15) is 41.1 Å². The lowest BCUT2D eigenvalue weighted by atomic mass is 10.2. The first kappa shape index (κ1) is 14.0. The van der Waals surface area contributed by atoms with Crippen molar-refractivity contribution >= 4 is 11.6 Å². The topological polar surface area (TPSA) is 76.5 Å². The number of aromatic nitrogens is 3. The maximum Gasteiger partial charge on any atom is 0.274 e. The molecule has 6 nitrogen and oxygen atoms in total. The Hall–Kier alpha value is -1.95. The SMILES string of the molecule is Cc1cc(C)n2nc(C(=O)N3CCCC[C@H](N)C3)cc2n1. The Morgan fingerprint density at radius 3 is 2.95 bits per heavy atom. The smallest absolute Gasteiger partial charge is 0.274 e. The van der Waals surface area contributed by atoms with E-state index in [0.717, 1.165) is 42.8 Å². The van der Waals surface area contributed by atoms with E-state index in [9.17, 15) is 4.79 Å². The maximum absolute atomic E-state index is 12.6. The Morgan fingerprint density at radius 2 is 2.14 bits per heavy atom. The van der Waals surface area contributed by atoms with Crippen LogP contribution in [0.2, 0.25) is 0 Å². The average Bonchev–Trinajstić information content (AvgIpc) is 2.73. The molecule has 0 radical (unpaired) electrons. The second-order valence-electron chi connectivity index (χ2n) is 5.85. The fourth-order valence-electron chi connectivity index (χ4n) is 2.91. The van der Waals surface area contributed by atoms with Crippen molar-refractivity contribution in [3.05, 3.63) is 29.2 Å². The molecule has 0 unspecified atom stereocenters. The van der Waals surface area contributed by atoms with Gasteiger partial charge in [0.15, 0.2) is 11.3 Å². The number of fused-ring (bicyclic) bond motifs is 1. The normalized spacial score (nSPS) is 19.8. The number of nitrogens with two attached hydrogens (primary N) is 1. The number of hydrogen-bond acceptors (Lipinski definition) is 4. The number of aryl methyl sites for hydroxylation is 2. The first-order chi connectivity index (χ1) is 10.0. The Morgan fingerprint density at radius 1 is 1.33 bits per heavy atom. The summed E-state index contributed by atoms with van der Waals surface area (Å²) in [6.07, 6.45) is 3.06. The minimum Gasteiger partial charge on any atom is -0.336 e. The highest BCUT2D eigenvalue weighted by atomic mass is 16.2. The fourth-order valence-corrected chi connectivity index (χ4v) is 2.91. The Balaban J connectivity index is 1.92. The Labute approximate surface area is 123 Å². The number of amides is 1. The van der Waals surface area contributed by atoms with Gasteiger partial charge in [0, 0.05) is 36.6 Å². The van der Waals surface area contributed by atoms with Crippen LogP contribution in [0.4, 0.5) is 0 Å². The van der Waals surface area contributed by atoms with E-state index in [1.54, 1.807) is 10.6 Å². The van der Waals surface area contributed by atoms with Crippen molar-refractivity contribution in [2.24, 2.45) is 5.73 Å². The van der Waals surface area contributed by atoms with Crippen LogP contribution in [0.15, 0.2) is 12.1 Å². The molecule has 1 atom stereocenters. The van der Waals surface area contributed by atoms with Crippen LogP contribution < -0.4 is 5.73 Å².